The van der Waals surface area contributed by atoms with Gasteiger partial charge in [-0.3, -0.25) is 0 Å². The van der Waals surface area contributed by atoms with Gasteiger partial charge in [0, 0.05) is 16.4 Å². The molecule has 0 radical (unpaired) electrons. The molecule has 5 heteroatoms. The molecule has 0 heterocycles. The Kier molecular flexibility index (Phi) is 9.57. The molecular formula is C30H23FN2O2. The van der Waals surface area contributed by atoms with Crippen LogP contribution in [0.25, 0.3) is 24.3 Å². The van der Waals surface area contributed by atoms with Gasteiger partial charge in [-0.2, -0.15) is 5.26 Å². The molecule has 0 spiro atoms. The lowest BCUT2D eigenvalue weighted by atomic mass is 10.1. The van der Waals surface area contributed by atoms with E-state index in [0.717, 1.165) is 22.4 Å². The van der Waals surface area contributed by atoms with Gasteiger partial charge in [-0.05, 0) is 46.5 Å². The van der Waals surface area contributed by atoms with Crippen molar-refractivity contribution in [3.63, 3.8) is 0 Å². The first-order valence-corrected chi connectivity index (χ1v) is 10.8. The standard InChI is InChI=1S/C30H23FN2O2/c31-35-30(34)28(23-32)22-27-19-17-26(18-20-27)16-15-25-13-11-24(12-14-25)8-4-1-2-7-21-33-29-9-5-3-6-10-29/h1-22,33H/b2-1-,8-4-,16-15+,21-7+,28-22+. The highest BCUT2D eigenvalue weighted by Crippen LogP contribution is 2.14. The van der Waals surface area contributed by atoms with Gasteiger partial charge in [0.25, 0.3) is 0 Å². The Bertz CT molecular complexity index is 1300. The average molecular weight is 463 g/mol. The van der Waals surface area contributed by atoms with Gasteiger partial charge in [-0.1, -0.05) is 103 Å². The number of hydrogen-bond acceptors (Lipinski definition) is 4. The second-order valence-electron chi connectivity index (χ2n) is 7.31. The van der Waals surface area contributed by atoms with Crippen LogP contribution >= 0.6 is 0 Å². The van der Waals surface area contributed by atoms with Crippen molar-refractivity contribution >= 4 is 36.0 Å². The second kappa shape index (κ2) is 13.6. The molecule has 0 saturated carbocycles. The molecule has 0 unspecified atom stereocenters. The van der Waals surface area contributed by atoms with E-state index in [1.807, 2.05) is 115 Å². The van der Waals surface area contributed by atoms with Crippen LogP contribution in [0.4, 0.5) is 10.2 Å². The van der Waals surface area contributed by atoms with Gasteiger partial charge in [-0.15, -0.1) is 0 Å². The number of carbonyl (C=O) groups excluding carboxylic acids is 1. The van der Waals surface area contributed by atoms with Crippen molar-refractivity contribution < 1.29 is 14.3 Å². The third kappa shape index (κ3) is 8.49. The number of nitrogens with one attached hydrogen (secondary N) is 1. The largest absolute Gasteiger partial charge is 0.390 e. The molecule has 172 valence electrons. The number of nitriles is 1. The molecule has 35 heavy (non-hydrogen) atoms. The van der Waals surface area contributed by atoms with Gasteiger partial charge in [0.05, 0.1) is 0 Å². The molecule has 0 aliphatic heterocycles. The summed E-state index contributed by atoms with van der Waals surface area (Å²) >= 11 is 0. The van der Waals surface area contributed by atoms with E-state index in [9.17, 15) is 9.32 Å². The Morgan fingerprint density at radius 2 is 1.29 bits per heavy atom. The van der Waals surface area contributed by atoms with E-state index in [1.165, 1.54) is 6.08 Å². The molecule has 0 fully saturated rings. The Morgan fingerprint density at radius 1 is 0.743 bits per heavy atom. The Labute approximate surface area is 204 Å². The van der Waals surface area contributed by atoms with E-state index in [4.69, 9.17) is 5.26 Å². The number of nitrogens with zero attached hydrogens (tertiary/aromatic N) is 1. The molecule has 0 aromatic heterocycles. The lowest BCUT2D eigenvalue weighted by Gasteiger charge is -1.99. The van der Waals surface area contributed by atoms with Crippen molar-refractivity contribution in [3.05, 3.63) is 137 Å². The van der Waals surface area contributed by atoms with Crippen molar-refractivity contribution in [1.82, 2.24) is 0 Å². The summed E-state index contributed by atoms with van der Waals surface area (Å²) in [5, 5.41) is 12.1. The highest BCUT2D eigenvalue weighted by atomic mass is 19.3. The number of rotatable bonds is 9. The maximum atomic E-state index is 12.0. The van der Waals surface area contributed by atoms with Crippen LogP contribution in [-0.4, -0.2) is 5.97 Å². The first kappa shape index (κ1) is 24.7. The van der Waals surface area contributed by atoms with E-state index in [-0.39, 0.29) is 0 Å². The van der Waals surface area contributed by atoms with E-state index < -0.39 is 11.5 Å². The normalized spacial score (nSPS) is 11.9. The first-order valence-electron chi connectivity index (χ1n) is 10.8. The zero-order valence-electron chi connectivity index (χ0n) is 18.8. The Morgan fingerprint density at radius 3 is 1.86 bits per heavy atom. The number of benzene rings is 3. The monoisotopic (exact) mass is 462 g/mol. The maximum Gasteiger partial charge on any atom is 0.390 e. The lowest BCUT2D eigenvalue weighted by molar-refractivity contribution is -0.177. The summed E-state index contributed by atoms with van der Waals surface area (Å²) in [7, 11) is 0. The molecular weight excluding hydrogens is 439 g/mol. The SMILES string of the molecule is N#C/C(=C\c1ccc(/C=C/c2ccc(\C=C/C=C\C=C\Nc3ccccc3)cc2)cc1)C(=O)OF. The number of hydrogen-bond donors (Lipinski definition) is 1. The van der Waals surface area contributed by atoms with Gasteiger partial charge in [0.1, 0.15) is 11.6 Å². The van der Waals surface area contributed by atoms with Crippen LogP contribution in [0.2, 0.25) is 0 Å². The predicted molar refractivity (Wildman–Crippen MR) is 140 cm³/mol. The van der Waals surface area contributed by atoms with Crippen LogP contribution in [0.1, 0.15) is 22.3 Å². The molecule has 0 amide bonds. The van der Waals surface area contributed by atoms with Gasteiger partial charge in [0.2, 0.25) is 0 Å². The van der Waals surface area contributed by atoms with E-state index in [1.54, 1.807) is 18.2 Å². The van der Waals surface area contributed by atoms with E-state index in [0.29, 0.717) is 5.56 Å². The summed E-state index contributed by atoms with van der Waals surface area (Å²) < 4.78 is 12.0. The molecule has 0 saturated heterocycles. The quantitative estimate of drug-likeness (QED) is 0.156. The molecule has 3 aromatic rings. The van der Waals surface area contributed by atoms with Crippen molar-refractivity contribution in [2.24, 2.45) is 0 Å². The first-order chi connectivity index (χ1) is 17.2. The van der Waals surface area contributed by atoms with Crippen molar-refractivity contribution in [3.8, 4) is 6.07 Å². The number of para-hydroxylation sites is 1. The zero-order valence-corrected chi connectivity index (χ0v) is 18.8. The van der Waals surface area contributed by atoms with Crippen molar-refractivity contribution in [1.29, 1.82) is 5.26 Å². The number of anilines is 1. The summed E-state index contributed by atoms with van der Waals surface area (Å²) in [5.74, 6) is -1.31. The van der Waals surface area contributed by atoms with Gasteiger partial charge in [-0.25, -0.2) is 9.74 Å². The smallest absolute Gasteiger partial charge is 0.362 e. The third-order valence-electron chi connectivity index (χ3n) is 4.80. The highest BCUT2D eigenvalue weighted by molar-refractivity contribution is 5.97. The van der Waals surface area contributed by atoms with Crippen LogP contribution in [0.5, 0.6) is 0 Å². The Hall–Kier alpha value is -4.95. The minimum absolute atomic E-state index is 0.406. The fourth-order valence-electron chi connectivity index (χ4n) is 2.99. The van der Waals surface area contributed by atoms with Crippen LogP contribution in [-0.2, 0) is 9.74 Å². The van der Waals surface area contributed by atoms with Crippen LogP contribution in [0.3, 0.4) is 0 Å². The second-order valence-corrected chi connectivity index (χ2v) is 7.31. The fourth-order valence-corrected chi connectivity index (χ4v) is 2.99. The highest BCUT2D eigenvalue weighted by Gasteiger charge is 2.10. The molecule has 0 aliphatic carbocycles. The molecule has 0 aliphatic rings. The molecule has 1 N–H and O–H groups in total. The van der Waals surface area contributed by atoms with E-state index in [2.05, 4.69) is 10.3 Å². The zero-order chi connectivity index (χ0) is 24.7. The summed E-state index contributed by atoms with van der Waals surface area (Å²) in [6, 6.07) is 26.9. The predicted octanol–water partition coefficient (Wildman–Crippen LogP) is 7.39. The summed E-state index contributed by atoms with van der Waals surface area (Å²) in [6.07, 6.45) is 17.0. The lowest BCUT2D eigenvalue weighted by Crippen LogP contribution is -1.99. The average Bonchev–Trinajstić information content (AvgIpc) is 2.91. The summed E-state index contributed by atoms with van der Waals surface area (Å²) in [5.41, 5.74) is 4.32. The third-order valence-corrected chi connectivity index (χ3v) is 4.80. The molecule has 3 rings (SSSR count). The van der Waals surface area contributed by atoms with Crippen LogP contribution in [0.15, 0.2) is 115 Å². The van der Waals surface area contributed by atoms with Crippen LogP contribution < -0.4 is 5.32 Å². The topological polar surface area (TPSA) is 62.1 Å². The van der Waals surface area contributed by atoms with Gasteiger partial charge in [0.15, 0.2) is 0 Å². The van der Waals surface area contributed by atoms with Gasteiger partial charge >= 0.3 is 5.97 Å². The molecule has 3 aromatic carbocycles. The van der Waals surface area contributed by atoms with Crippen LogP contribution in [0, 0.1) is 11.3 Å². The summed E-state index contributed by atoms with van der Waals surface area (Å²) in [4.78, 5) is 14.2. The summed E-state index contributed by atoms with van der Waals surface area (Å²) in [6.45, 7) is 0. The minimum Gasteiger partial charge on any atom is -0.362 e. The van der Waals surface area contributed by atoms with Gasteiger partial charge < -0.3 is 5.32 Å². The number of allylic oxidation sites excluding steroid dienone is 4. The molecule has 4 nitrogen and oxygen atoms in total. The molecule has 0 bridgehead atoms. The van der Waals surface area contributed by atoms with Crippen molar-refractivity contribution in [2.75, 3.05) is 5.32 Å². The number of halogens is 1. The fraction of sp³-hybridized carbons (Fsp3) is 0. The maximum absolute atomic E-state index is 12.0. The minimum atomic E-state index is -1.31. The van der Waals surface area contributed by atoms with E-state index >= 15 is 0 Å². The van der Waals surface area contributed by atoms with Crippen molar-refractivity contribution in [2.45, 2.75) is 0 Å². The molecule has 0 atom stereocenters. The number of carbonyl (C=O) groups is 1. The Balaban J connectivity index is 1.50.